The van der Waals surface area contributed by atoms with Crippen LogP contribution in [0.25, 0.3) is 0 Å². The maximum atomic E-state index is 14.2. The highest BCUT2D eigenvalue weighted by Gasteiger charge is 2.57. The lowest BCUT2D eigenvalue weighted by atomic mass is 9.82. The van der Waals surface area contributed by atoms with E-state index in [0.29, 0.717) is 0 Å². The molecular weight excluding hydrogens is 408 g/mol. The van der Waals surface area contributed by atoms with Gasteiger partial charge < -0.3 is 16.2 Å². The van der Waals surface area contributed by atoms with Crippen LogP contribution in [0.3, 0.4) is 0 Å². The van der Waals surface area contributed by atoms with Gasteiger partial charge in [-0.3, -0.25) is 5.41 Å². The number of carboxylic acid groups (broad SMARTS) is 1. The smallest absolute Gasteiger partial charge is 0.460 e. The topological polar surface area (TPSA) is 102 Å². The number of nitrogens with one attached hydrogen (secondary N) is 2. The van der Waals surface area contributed by atoms with Gasteiger partial charge in [-0.1, -0.05) is 0 Å². The standard InChI is InChI=1S/C14H14F8N4O2/c1-26(14(20,21)22)13(11(27)28,3-2-4-25-12(23)24)5-6(15)8(17)10(19)9(18)7(5)16/h2-4H2,1H3,(H,27,28)(H4,23,24,25)/t13-/m1/s1. The fourth-order valence-electron chi connectivity index (χ4n) is 2.57. The van der Waals surface area contributed by atoms with Crippen LogP contribution in [-0.4, -0.2) is 41.8 Å². The minimum atomic E-state index is -5.52. The van der Waals surface area contributed by atoms with E-state index in [1.807, 2.05) is 0 Å². The molecule has 0 amide bonds. The molecule has 0 aliphatic rings. The summed E-state index contributed by atoms with van der Waals surface area (Å²) < 4.78 is 109. The zero-order chi connectivity index (χ0) is 22.0. The molecule has 0 saturated heterocycles. The van der Waals surface area contributed by atoms with Crippen molar-refractivity contribution >= 4 is 11.9 Å². The lowest BCUT2D eigenvalue weighted by molar-refractivity contribution is -0.272. The summed E-state index contributed by atoms with van der Waals surface area (Å²) in [6.45, 7) is -0.411. The number of nitrogens with two attached hydrogens (primary N) is 1. The second-order valence-electron chi connectivity index (χ2n) is 5.58. The van der Waals surface area contributed by atoms with Crippen molar-refractivity contribution in [2.45, 2.75) is 24.7 Å². The summed E-state index contributed by atoms with van der Waals surface area (Å²) in [6.07, 6.45) is -7.35. The largest absolute Gasteiger partial charge is 0.480 e. The third-order valence-electron chi connectivity index (χ3n) is 3.96. The molecular formula is C14H14F8N4O2. The summed E-state index contributed by atoms with van der Waals surface area (Å²) >= 11 is 0. The number of benzene rings is 1. The van der Waals surface area contributed by atoms with Crippen LogP contribution in [0.2, 0.25) is 0 Å². The minimum absolute atomic E-state index is 0.102. The molecule has 158 valence electrons. The van der Waals surface area contributed by atoms with E-state index < -0.39 is 82.7 Å². The van der Waals surface area contributed by atoms with Gasteiger partial charge in [0.25, 0.3) is 0 Å². The molecule has 1 atom stereocenters. The number of carboxylic acids is 1. The molecule has 0 aromatic heterocycles. The maximum Gasteiger partial charge on any atom is 0.460 e. The first-order chi connectivity index (χ1) is 12.7. The van der Waals surface area contributed by atoms with Crippen LogP contribution in [0.4, 0.5) is 35.1 Å². The summed E-state index contributed by atoms with van der Waals surface area (Å²) in [4.78, 5) is 10.8. The number of aliphatic carboxylic acids is 1. The van der Waals surface area contributed by atoms with E-state index in [2.05, 4.69) is 5.32 Å². The van der Waals surface area contributed by atoms with E-state index in [4.69, 9.17) is 11.1 Å². The predicted octanol–water partition coefficient (Wildman–Crippen LogP) is 2.38. The van der Waals surface area contributed by atoms with Crippen LogP contribution in [0.15, 0.2) is 0 Å². The van der Waals surface area contributed by atoms with Gasteiger partial charge in [-0.05, 0) is 19.9 Å². The van der Waals surface area contributed by atoms with Crippen molar-refractivity contribution in [1.82, 2.24) is 10.2 Å². The highest BCUT2D eigenvalue weighted by Crippen LogP contribution is 2.43. The van der Waals surface area contributed by atoms with E-state index >= 15 is 0 Å². The molecule has 0 bridgehead atoms. The van der Waals surface area contributed by atoms with Crippen molar-refractivity contribution < 1.29 is 45.0 Å². The number of halogens is 8. The quantitative estimate of drug-likeness (QED) is 0.103. The molecule has 6 nitrogen and oxygen atoms in total. The number of nitrogens with zero attached hydrogens (tertiary/aromatic N) is 1. The zero-order valence-electron chi connectivity index (χ0n) is 14.0. The Morgan fingerprint density at radius 2 is 1.50 bits per heavy atom. The number of likely N-dealkylation sites (N-methyl/N-ethyl adjacent to an activating group) is 1. The molecule has 0 aliphatic heterocycles. The molecule has 14 heteroatoms. The molecule has 0 aliphatic carbocycles. The second-order valence-corrected chi connectivity index (χ2v) is 5.58. The third kappa shape index (κ3) is 4.10. The fourth-order valence-corrected chi connectivity index (χ4v) is 2.57. The van der Waals surface area contributed by atoms with Crippen molar-refractivity contribution in [3.05, 3.63) is 34.6 Å². The monoisotopic (exact) mass is 422 g/mol. The van der Waals surface area contributed by atoms with Crippen LogP contribution < -0.4 is 11.1 Å². The van der Waals surface area contributed by atoms with Crippen LogP contribution in [0.1, 0.15) is 18.4 Å². The Labute approximate surface area is 152 Å². The number of hydrogen-bond donors (Lipinski definition) is 4. The van der Waals surface area contributed by atoms with E-state index in [1.165, 1.54) is 0 Å². The number of alkyl halides is 3. The third-order valence-corrected chi connectivity index (χ3v) is 3.96. The summed E-state index contributed by atoms with van der Waals surface area (Å²) in [5, 5.41) is 18.4. The first-order valence-electron chi connectivity index (χ1n) is 7.33. The van der Waals surface area contributed by atoms with Crippen molar-refractivity contribution in [1.29, 1.82) is 5.41 Å². The Kier molecular flexibility index (Phi) is 6.82. The molecule has 1 aromatic carbocycles. The number of guanidine groups is 1. The summed E-state index contributed by atoms with van der Waals surface area (Å²) in [5.74, 6) is -16.4. The minimum Gasteiger partial charge on any atom is -0.480 e. The van der Waals surface area contributed by atoms with Crippen LogP contribution >= 0.6 is 0 Å². The summed E-state index contributed by atoms with van der Waals surface area (Å²) in [6, 6.07) is 0. The molecule has 28 heavy (non-hydrogen) atoms. The molecule has 0 heterocycles. The maximum absolute atomic E-state index is 14.2. The second kappa shape index (κ2) is 8.16. The Balaban J connectivity index is 3.76. The Morgan fingerprint density at radius 1 is 1.07 bits per heavy atom. The lowest BCUT2D eigenvalue weighted by Crippen LogP contribution is -2.57. The van der Waals surface area contributed by atoms with Crippen LogP contribution in [-0.2, 0) is 10.3 Å². The van der Waals surface area contributed by atoms with Gasteiger partial charge in [-0.25, -0.2) is 26.7 Å². The Hall–Kier alpha value is -2.64. The van der Waals surface area contributed by atoms with Crippen molar-refractivity contribution in [3.8, 4) is 0 Å². The highest BCUT2D eigenvalue weighted by atomic mass is 19.4. The molecule has 1 aromatic rings. The van der Waals surface area contributed by atoms with E-state index in [-0.39, 0.29) is 7.05 Å². The number of carbonyl (C=O) groups is 1. The number of rotatable bonds is 7. The summed E-state index contributed by atoms with van der Waals surface area (Å²) in [7, 11) is 0.102. The van der Waals surface area contributed by atoms with E-state index in [9.17, 15) is 45.0 Å². The fraction of sp³-hybridized carbons (Fsp3) is 0.429. The normalized spacial score (nSPS) is 14.1. The van der Waals surface area contributed by atoms with Gasteiger partial charge in [-0.15, -0.1) is 0 Å². The average molecular weight is 422 g/mol. The van der Waals surface area contributed by atoms with Gasteiger partial charge in [0.1, 0.15) is 0 Å². The van der Waals surface area contributed by atoms with Crippen LogP contribution in [0, 0.1) is 34.5 Å². The number of hydrogen-bond acceptors (Lipinski definition) is 3. The van der Waals surface area contributed by atoms with Gasteiger partial charge in [0.15, 0.2) is 34.8 Å². The predicted molar refractivity (Wildman–Crippen MR) is 78.5 cm³/mol. The van der Waals surface area contributed by atoms with Crippen molar-refractivity contribution in [2.24, 2.45) is 5.73 Å². The first kappa shape index (κ1) is 23.4. The average Bonchev–Trinajstić information content (AvgIpc) is 2.58. The van der Waals surface area contributed by atoms with Crippen molar-refractivity contribution in [2.75, 3.05) is 13.6 Å². The Morgan fingerprint density at radius 3 is 1.86 bits per heavy atom. The zero-order valence-corrected chi connectivity index (χ0v) is 14.0. The van der Waals surface area contributed by atoms with E-state index in [1.54, 1.807) is 0 Å². The SMILES string of the molecule is CN(C(F)(F)F)[C@@](CCCNC(=N)N)(C(=O)O)c1c(F)c(F)c(F)c(F)c1F. The molecule has 0 saturated carbocycles. The van der Waals surface area contributed by atoms with Crippen LogP contribution in [0.5, 0.6) is 0 Å². The van der Waals surface area contributed by atoms with Gasteiger partial charge in [0.05, 0.1) is 5.56 Å². The van der Waals surface area contributed by atoms with Crippen molar-refractivity contribution in [3.63, 3.8) is 0 Å². The molecule has 0 spiro atoms. The molecule has 1 rings (SSSR count). The molecule has 5 N–H and O–H groups in total. The molecule has 0 radical (unpaired) electrons. The molecule has 0 fully saturated rings. The summed E-state index contributed by atoms with van der Waals surface area (Å²) in [5.41, 5.74) is -0.896. The lowest BCUT2D eigenvalue weighted by Gasteiger charge is -2.39. The van der Waals surface area contributed by atoms with Gasteiger partial charge >= 0.3 is 12.3 Å². The first-order valence-corrected chi connectivity index (χ1v) is 7.33. The Bertz CT molecular complexity index is 757. The highest BCUT2D eigenvalue weighted by molar-refractivity contribution is 5.81. The molecule has 0 unspecified atom stereocenters. The van der Waals surface area contributed by atoms with Gasteiger partial charge in [0.2, 0.25) is 5.82 Å². The van der Waals surface area contributed by atoms with Gasteiger partial charge in [-0.2, -0.15) is 18.1 Å². The van der Waals surface area contributed by atoms with E-state index in [0.717, 1.165) is 0 Å². The van der Waals surface area contributed by atoms with Gasteiger partial charge in [0, 0.05) is 6.54 Å².